The normalized spacial score (nSPS) is 27.0. The molecule has 0 radical (unpaired) electrons. The van der Waals surface area contributed by atoms with Gasteiger partial charge in [0, 0.05) is 5.56 Å². The molecule has 2 aromatic carbocycles. The molecule has 1 unspecified atom stereocenters. The number of phenolic OH excluding ortho intramolecular Hbond substituents is 2. The number of rotatable bonds is 2. The van der Waals surface area contributed by atoms with Crippen LogP contribution in [0.5, 0.6) is 17.2 Å². The SMILES string of the molecule is COc1ccc2c(c1O)C(=O)c1c3c(cc(O)c1C2=O)C1[C@H](O)C#C/C=C\C#C[C@H](N3)[C@@]1(O)[C@@H](C)O. The number of aromatic hydroxyl groups is 2. The third kappa shape index (κ3) is 3.05. The summed E-state index contributed by atoms with van der Waals surface area (Å²) in [5.41, 5.74) is -3.02. The summed E-state index contributed by atoms with van der Waals surface area (Å²) in [6, 6.07) is 2.61. The standard InChI is InChI=1S/C27H21NO8/c1-12(29)27(35)18-8-6-4-3-5-7-15(30)22(27)14-11-16(31)20-21(23(14)28-18)26(34)19-13(24(20)32)9-10-17(36-2)25(19)33/h3-4,9-12,15,18,22,28-31,33,35H,1-2H3/b4-3-/t12-,15-,18+,22?,27+/m1/s1. The maximum atomic E-state index is 13.8. The molecule has 9 nitrogen and oxygen atoms in total. The Balaban J connectivity index is 1.85. The zero-order valence-corrected chi connectivity index (χ0v) is 19.2. The molecule has 1 aliphatic heterocycles. The van der Waals surface area contributed by atoms with Gasteiger partial charge in [0.2, 0.25) is 5.78 Å². The molecular weight excluding hydrogens is 466 g/mol. The Morgan fingerprint density at radius 1 is 1.06 bits per heavy atom. The van der Waals surface area contributed by atoms with E-state index in [0.29, 0.717) is 0 Å². The Morgan fingerprint density at radius 3 is 2.42 bits per heavy atom. The van der Waals surface area contributed by atoms with Crippen molar-refractivity contribution in [3.63, 3.8) is 0 Å². The van der Waals surface area contributed by atoms with Gasteiger partial charge < -0.3 is 35.6 Å². The lowest BCUT2D eigenvalue weighted by atomic mass is 9.66. The predicted octanol–water partition coefficient (Wildman–Crippen LogP) is 0.809. The molecule has 0 aromatic heterocycles. The second-order valence-electron chi connectivity index (χ2n) is 8.78. The van der Waals surface area contributed by atoms with Crippen molar-refractivity contribution in [3.05, 3.63) is 58.2 Å². The summed E-state index contributed by atoms with van der Waals surface area (Å²) >= 11 is 0. The first-order valence-electron chi connectivity index (χ1n) is 11.0. The molecule has 2 bridgehead atoms. The number of hydrogen-bond acceptors (Lipinski definition) is 9. The highest BCUT2D eigenvalue weighted by Crippen LogP contribution is 2.51. The summed E-state index contributed by atoms with van der Waals surface area (Å²) in [6.07, 6.45) is -0.169. The Bertz CT molecular complexity index is 1500. The van der Waals surface area contributed by atoms with E-state index < -0.39 is 52.8 Å². The first-order chi connectivity index (χ1) is 17.1. The molecule has 6 N–H and O–H groups in total. The number of benzene rings is 2. The van der Waals surface area contributed by atoms with Gasteiger partial charge in [-0.3, -0.25) is 9.59 Å². The fourth-order valence-electron chi connectivity index (χ4n) is 5.16. The fourth-order valence-corrected chi connectivity index (χ4v) is 5.16. The van der Waals surface area contributed by atoms with Gasteiger partial charge in [0.1, 0.15) is 23.5 Å². The maximum Gasteiger partial charge on any atom is 0.200 e. The van der Waals surface area contributed by atoms with Crippen molar-refractivity contribution in [2.24, 2.45) is 0 Å². The van der Waals surface area contributed by atoms with E-state index in [2.05, 4.69) is 29.0 Å². The van der Waals surface area contributed by atoms with Gasteiger partial charge in [-0.1, -0.05) is 23.7 Å². The van der Waals surface area contributed by atoms with E-state index in [0.717, 1.165) is 6.07 Å². The van der Waals surface area contributed by atoms with Gasteiger partial charge in [0.05, 0.1) is 41.5 Å². The molecule has 0 saturated heterocycles. The van der Waals surface area contributed by atoms with E-state index in [4.69, 9.17) is 4.74 Å². The van der Waals surface area contributed by atoms with Crippen LogP contribution >= 0.6 is 0 Å². The summed E-state index contributed by atoms with van der Waals surface area (Å²) < 4.78 is 5.09. The number of aliphatic hydroxyl groups excluding tert-OH is 2. The molecule has 1 heterocycles. The van der Waals surface area contributed by atoms with Gasteiger partial charge in [0.15, 0.2) is 17.3 Å². The van der Waals surface area contributed by atoms with Gasteiger partial charge in [-0.15, -0.1) is 0 Å². The number of phenols is 2. The van der Waals surface area contributed by atoms with Gasteiger partial charge in [-0.2, -0.15) is 0 Å². The Morgan fingerprint density at radius 2 is 1.75 bits per heavy atom. The number of nitrogens with one attached hydrogen (secondary N) is 1. The van der Waals surface area contributed by atoms with Gasteiger partial charge in [-0.25, -0.2) is 0 Å². The molecule has 2 aliphatic carbocycles. The van der Waals surface area contributed by atoms with Crippen LogP contribution in [0, 0.1) is 23.7 Å². The number of allylic oxidation sites excluding steroid dienone is 2. The number of carbonyl (C=O) groups is 2. The van der Waals surface area contributed by atoms with E-state index in [9.17, 15) is 35.1 Å². The van der Waals surface area contributed by atoms with E-state index >= 15 is 0 Å². The van der Waals surface area contributed by atoms with Gasteiger partial charge in [-0.05, 0) is 42.8 Å². The van der Waals surface area contributed by atoms with Crippen LogP contribution in [-0.4, -0.2) is 68.1 Å². The second-order valence-corrected chi connectivity index (χ2v) is 8.78. The van der Waals surface area contributed by atoms with Crippen molar-refractivity contribution in [2.75, 3.05) is 12.4 Å². The number of anilines is 1. The Kier molecular flexibility index (Phi) is 5.31. The molecule has 5 rings (SSSR count). The molecule has 0 fully saturated rings. The molecule has 9 heteroatoms. The fraction of sp³-hybridized carbons (Fsp3) is 0.259. The predicted molar refractivity (Wildman–Crippen MR) is 127 cm³/mol. The number of ether oxygens (including phenoxy) is 1. The molecule has 2 aromatic rings. The molecule has 3 aliphatic rings. The molecular formula is C27H21NO8. The lowest BCUT2D eigenvalue weighted by Crippen LogP contribution is -2.62. The van der Waals surface area contributed by atoms with E-state index in [1.165, 1.54) is 38.3 Å². The van der Waals surface area contributed by atoms with Crippen LogP contribution in [0.15, 0.2) is 30.4 Å². The average Bonchev–Trinajstić information content (AvgIpc) is 2.83. The van der Waals surface area contributed by atoms with E-state index in [-0.39, 0.29) is 39.3 Å². The van der Waals surface area contributed by atoms with Crippen molar-refractivity contribution in [1.82, 2.24) is 0 Å². The second kappa shape index (κ2) is 8.14. The zero-order chi connectivity index (χ0) is 25.9. The minimum absolute atomic E-state index is 0.0223. The molecule has 0 saturated carbocycles. The molecule has 182 valence electrons. The smallest absolute Gasteiger partial charge is 0.200 e. The lowest BCUT2D eigenvalue weighted by Gasteiger charge is -2.48. The minimum atomic E-state index is -2.11. The van der Waals surface area contributed by atoms with Gasteiger partial charge >= 0.3 is 0 Å². The van der Waals surface area contributed by atoms with Crippen LogP contribution in [0.4, 0.5) is 5.69 Å². The number of aliphatic hydroxyl groups is 3. The zero-order valence-electron chi connectivity index (χ0n) is 19.2. The summed E-state index contributed by atoms with van der Waals surface area (Å²) in [5, 5.41) is 57.9. The topological polar surface area (TPSA) is 157 Å². The first-order valence-corrected chi connectivity index (χ1v) is 11.0. The van der Waals surface area contributed by atoms with Crippen molar-refractivity contribution >= 4 is 17.3 Å². The minimum Gasteiger partial charge on any atom is -0.507 e. The lowest BCUT2D eigenvalue weighted by molar-refractivity contribution is -0.107. The summed E-state index contributed by atoms with van der Waals surface area (Å²) in [5.74, 6) is 6.73. The first kappa shape index (κ1) is 23.5. The number of fused-ring (bicyclic) bond motifs is 7. The van der Waals surface area contributed by atoms with Crippen LogP contribution in [0.1, 0.15) is 50.2 Å². The molecule has 0 amide bonds. The highest BCUT2D eigenvalue weighted by molar-refractivity contribution is 6.32. The Labute approximate surface area is 205 Å². The summed E-state index contributed by atoms with van der Waals surface area (Å²) in [7, 11) is 1.30. The van der Waals surface area contributed by atoms with E-state index in [1.807, 2.05) is 0 Å². The third-order valence-electron chi connectivity index (χ3n) is 6.90. The highest BCUT2D eigenvalue weighted by Gasteiger charge is 2.56. The van der Waals surface area contributed by atoms with Crippen LogP contribution in [0.3, 0.4) is 0 Å². The monoisotopic (exact) mass is 487 g/mol. The summed E-state index contributed by atoms with van der Waals surface area (Å²) in [6.45, 7) is 1.32. The number of carbonyl (C=O) groups excluding carboxylic acids is 2. The van der Waals surface area contributed by atoms with Crippen LogP contribution in [0.2, 0.25) is 0 Å². The molecule has 36 heavy (non-hydrogen) atoms. The van der Waals surface area contributed by atoms with Crippen molar-refractivity contribution in [1.29, 1.82) is 0 Å². The largest absolute Gasteiger partial charge is 0.507 e. The molecule has 5 atom stereocenters. The quantitative estimate of drug-likeness (QED) is 0.227. The van der Waals surface area contributed by atoms with Gasteiger partial charge in [0.25, 0.3) is 0 Å². The van der Waals surface area contributed by atoms with Crippen LogP contribution < -0.4 is 10.1 Å². The van der Waals surface area contributed by atoms with E-state index in [1.54, 1.807) is 0 Å². The number of methoxy groups -OCH3 is 1. The van der Waals surface area contributed by atoms with Crippen molar-refractivity contribution in [2.45, 2.75) is 36.7 Å². The van der Waals surface area contributed by atoms with Crippen LogP contribution in [-0.2, 0) is 0 Å². The number of hydrogen-bond donors (Lipinski definition) is 6. The molecule has 0 spiro atoms. The van der Waals surface area contributed by atoms with Crippen molar-refractivity contribution < 1.29 is 39.9 Å². The van der Waals surface area contributed by atoms with Crippen molar-refractivity contribution in [3.8, 4) is 40.9 Å². The number of ketones is 2. The highest BCUT2D eigenvalue weighted by atomic mass is 16.5. The maximum absolute atomic E-state index is 13.8. The summed E-state index contributed by atoms with van der Waals surface area (Å²) in [4.78, 5) is 27.2. The Hall–Kier alpha value is -4.28. The average molecular weight is 487 g/mol. The third-order valence-corrected chi connectivity index (χ3v) is 6.90. The van der Waals surface area contributed by atoms with Crippen LogP contribution in [0.25, 0.3) is 0 Å².